The monoisotopic (exact) mass is 459 g/mol. The van der Waals surface area contributed by atoms with Gasteiger partial charge in [0.2, 0.25) is 0 Å². The van der Waals surface area contributed by atoms with Gasteiger partial charge >= 0.3 is 5.97 Å². The molecule has 0 aliphatic rings. The third kappa shape index (κ3) is 4.56. The molecule has 0 heterocycles. The number of aromatic carboxylic acids is 1. The number of halogens is 1. The van der Waals surface area contributed by atoms with Crippen LogP contribution in [0.1, 0.15) is 21.5 Å². The van der Waals surface area contributed by atoms with Gasteiger partial charge in [0.05, 0.1) is 27.9 Å². The van der Waals surface area contributed by atoms with Crippen LogP contribution >= 0.6 is 22.6 Å². The number of carbonyl (C=O) groups is 1. The molecule has 0 aliphatic heterocycles. The van der Waals surface area contributed by atoms with Gasteiger partial charge in [0.25, 0.3) is 0 Å². The maximum absolute atomic E-state index is 10.9. The Morgan fingerprint density at radius 3 is 2.50 bits per heavy atom. The van der Waals surface area contributed by atoms with Gasteiger partial charge in [-0.25, -0.2) is 4.79 Å². The first kappa shape index (κ1) is 19.4. The van der Waals surface area contributed by atoms with Crippen LogP contribution in [0.15, 0.2) is 36.4 Å². The van der Waals surface area contributed by atoms with Crippen molar-refractivity contribution in [1.82, 2.24) is 0 Å². The molecule has 0 saturated carbocycles. The molecule has 0 fully saturated rings. The van der Waals surface area contributed by atoms with E-state index in [2.05, 4.69) is 34.6 Å². The van der Waals surface area contributed by atoms with Gasteiger partial charge in [-0.15, -0.1) is 6.42 Å². The number of methoxy groups -OCH3 is 1. The second kappa shape index (κ2) is 8.93. The van der Waals surface area contributed by atoms with Gasteiger partial charge in [0.1, 0.15) is 6.61 Å². The summed E-state index contributed by atoms with van der Waals surface area (Å²) in [7, 11) is 1.53. The number of allylic oxidation sites excluding steroid dienone is 1. The molecule has 0 aromatic heterocycles. The fraction of sp³-hybridized carbons (Fsp3) is 0.100. The minimum absolute atomic E-state index is 0.126. The molecule has 0 radical (unpaired) electrons. The predicted octanol–water partition coefficient (Wildman–Crippen LogP) is 4.07. The van der Waals surface area contributed by atoms with E-state index in [1.165, 1.54) is 19.2 Å². The Labute approximate surface area is 165 Å². The Balaban J connectivity index is 2.42. The van der Waals surface area contributed by atoms with Crippen LogP contribution in [0.5, 0.6) is 11.5 Å². The molecular weight excluding hydrogens is 445 g/mol. The fourth-order valence-electron chi connectivity index (χ4n) is 2.22. The Morgan fingerprint density at radius 2 is 1.96 bits per heavy atom. The molecule has 2 aromatic carbocycles. The van der Waals surface area contributed by atoms with Crippen molar-refractivity contribution in [1.29, 1.82) is 5.26 Å². The van der Waals surface area contributed by atoms with Crippen LogP contribution in [0.4, 0.5) is 0 Å². The lowest BCUT2D eigenvalue weighted by atomic mass is 10.0. The average Bonchev–Trinajstić information content (AvgIpc) is 2.64. The number of hydrogen-bond donors (Lipinski definition) is 1. The van der Waals surface area contributed by atoms with Crippen molar-refractivity contribution in [2.45, 2.75) is 0 Å². The van der Waals surface area contributed by atoms with Crippen molar-refractivity contribution in [3.8, 4) is 29.9 Å². The van der Waals surface area contributed by atoms with E-state index in [0.717, 1.165) is 9.13 Å². The summed E-state index contributed by atoms with van der Waals surface area (Å²) in [6.45, 7) is 0.126. The Bertz CT molecular complexity index is 934. The number of rotatable bonds is 6. The third-order valence-corrected chi connectivity index (χ3v) is 4.23. The zero-order valence-corrected chi connectivity index (χ0v) is 16.0. The Kier molecular flexibility index (Phi) is 6.65. The number of nitrogens with zero attached hydrogens (tertiary/aromatic N) is 1. The van der Waals surface area contributed by atoms with Crippen molar-refractivity contribution in [3.05, 3.63) is 56.7 Å². The lowest BCUT2D eigenvalue weighted by Crippen LogP contribution is -1.99. The summed E-state index contributed by atoms with van der Waals surface area (Å²) in [5.41, 5.74) is 1.94. The molecule has 0 bridgehead atoms. The van der Waals surface area contributed by atoms with Gasteiger partial charge in [-0.3, -0.25) is 0 Å². The first-order chi connectivity index (χ1) is 12.5. The number of nitriles is 1. The molecule has 26 heavy (non-hydrogen) atoms. The van der Waals surface area contributed by atoms with E-state index < -0.39 is 5.97 Å². The first-order valence-electron chi connectivity index (χ1n) is 7.39. The second-order valence-electron chi connectivity index (χ2n) is 5.08. The molecule has 0 amide bonds. The molecule has 130 valence electrons. The highest BCUT2D eigenvalue weighted by molar-refractivity contribution is 14.1. The number of carboxylic acids is 1. The number of ether oxygens (including phenoxy) is 2. The molecule has 1 N–H and O–H groups in total. The summed E-state index contributed by atoms with van der Waals surface area (Å²) in [6, 6.07) is 11.9. The SMILES string of the molecule is C#CCOc1c(I)cc(/C=C(/C#N)c2ccc(C(=O)O)cc2)cc1OC. The minimum Gasteiger partial charge on any atom is -0.493 e. The quantitative estimate of drug-likeness (QED) is 0.305. The lowest BCUT2D eigenvalue weighted by molar-refractivity contribution is 0.0697. The van der Waals surface area contributed by atoms with E-state index in [0.29, 0.717) is 22.6 Å². The van der Waals surface area contributed by atoms with Crippen LogP contribution in [0.25, 0.3) is 11.6 Å². The molecular formula is C20H14INO4. The van der Waals surface area contributed by atoms with Crippen LogP contribution < -0.4 is 9.47 Å². The van der Waals surface area contributed by atoms with Gasteiger partial charge in [-0.05, 0) is 64.1 Å². The van der Waals surface area contributed by atoms with E-state index in [4.69, 9.17) is 21.0 Å². The topological polar surface area (TPSA) is 79.5 Å². The highest BCUT2D eigenvalue weighted by Gasteiger charge is 2.12. The Hall–Kier alpha value is -2.97. The molecule has 2 rings (SSSR count). The molecule has 5 nitrogen and oxygen atoms in total. The summed E-state index contributed by atoms with van der Waals surface area (Å²) in [6.07, 6.45) is 6.92. The van der Waals surface area contributed by atoms with Gasteiger partial charge in [-0.1, -0.05) is 18.1 Å². The lowest BCUT2D eigenvalue weighted by Gasteiger charge is -2.12. The standard InChI is InChI=1S/C20H14INO4/c1-3-8-26-19-17(21)10-13(11-18(19)25-2)9-16(12-22)14-4-6-15(7-5-14)20(23)24/h1,4-7,9-11H,8H2,2H3,(H,23,24)/b16-9-. The second-order valence-corrected chi connectivity index (χ2v) is 6.24. The van der Waals surface area contributed by atoms with Crippen LogP contribution in [-0.2, 0) is 0 Å². The van der Waals surface area contributed by atoms with Crippen molar-refractivity contribution >= 4 is 40.2 Å². The number of terminal acetylenes is 1. The van der Waals surface area contributed by atoms with E-state index in [9.17, 15) is 10.1 Å². The number of carboxylic acid groups (broad SMARTS) is 1. The van der Waals surface area contributed by atoms with E-state index >= 15 is 0 Å². The molecule has 0 aliphatic carbocycles. The molecule has 0 atom stereocenters. The van der Waals surface area contributed by atoms with Crippen LogP contribution in [-0.4, -0.2) is 24.8 Å². The van der Waals surface area contributed by atoms with Crippen molar-refractivity contribution < 1.29 is 19.4 Å². The summed E-state index contributed by atoms with van der Waals surface area (Å²) >= 11 is 2.11. The predicted molar refractivity (Wildman–Crippen MR) is 107 cm³/mol. The summed E-state index contributed by atoms with van der Waals surface area (Å²) in [5.74, 6) is 2.45. The highest BCUT2D eigenvalue weighted by Crippen LogP contribution is 2.35. The zero-order chi connectivity index (χ0) is 19.1. The van der Waals surface area contributed by atoms with Crippen LogP contribution in [0, 0.1) is 27.2 Å². The minimum atomic E-state index is -1.01. The smallest absolute Gasteiger partial charge is 0.335 e. The first-order valence-corrected chi connectivity index (χ1v) is 8.47. The molecule has 0 unspecified atom stereocenters. The van der Waals surface area contributed by atoms with E-state index in [1.54, 1.807) is 24.3 Å². The maximum Gasteiger partial charge on any atom is 0.335 e. The van der Waals surface area contributed by atoms with Crippen molar-refractivity contribution in [2.24, 2.45) is 0 Å². The van der Waals surface area contributed by atoms with E-state index in [-0.39, 0.29) is 12.2 Å². The van der Waals surface area contributed by atoms with Gasteiger partial charge in [-0.2, -0.15) is 5.26 Å². The Morgan fingerprint density at radius 1 is 1.31 bits per heavy atom. The molecule has 6 heteroatoms. The molecule has 0 spiro atoms. The molecule has 2 aromatic rings. The van der Waals surface area contributed by atoms with Gasteiger partial charge in [0.15, 0.2) is 11.5 Å². The average molecular weight is 459 g/mol. The molecule has 0 saturated heterocycles. The van der Waals surface area contributed by atoms with Gasteiger partial charge in [0, 0.05) is 0 Å². The summed E-state index contributed by atoms with van der Waals surface area (Å²) in [4.78, 5) is 10.9. The largest absolute Gasteiger partial charge is 0.493 e. The van der Waals surface area contributed by atoms with Crippen LogP contribution in [0.2, 0.25) is 0 Å². The van der Waals surface area contributed by atoms with Gasteiger partial charge < -0.3 is 14.6 Å². The van der Waals surface area contributed by atoms with Crippen molar-refractivity contribution in [3.63, 3.8) is 0 Å². The summed E-state index contributed by atoms with van der Waals surface area (Å²) < 4.78 is 11.6. The zero-order valence-electron chi connectivity index (χ0n) is 13.8. The maximum atomic E-state index is 10.9. The fourth-order valence-corrected chi connectivity index (χ4v) is 3.00. The normalized spacial score (nSPS) is 10.5. The number of benzene rings is 2. The summed E-state index contributed by atoms with van der Waals surface area (Å²) in [5, 5.41) is 18.4. The highest BCUT2D eigenvalue weighted by atomic mass is 127. The van der Waals surface area contributed by atoms with E-state index in [1.807, 2.05) is 6.07 Å². The van der Waals surface area contributed by atoms with Crippen molar-refractivity contribution in [2.75, 3.05) is 13.7 Å². The third-order valence-electron chi connectivity index (χ3n) is 3.43. The van der Waals surface area contributed by atoms with Crippen LogP contribution in [0.3, 0.4) is 0 Å². The number of hydrogen-bond acceptors (Lipinski definition) is 4.